The molecule has 5 rings (SSSR count). The van der Waals surface area contributed by atoms with Crippen LogP contribution in [0.5, 0.6) is 0 Å². The Balaban J connectivity index is 1.21. The fourth-order valence-electron chi connectivity index (χ4n) is 5.38. The molecule has 4 aromatic rings. The second-order valence-electron chi connectivity index (χ2n) is 10.2. The van der Waals surface area contributed by atoms with Gasteiger partial charge >= 0.3 is 0 Å². The summed E-state index contributed by atoms with van der Waals surface area (Å²) >= 11 is 0. The van der Waals surface area contributed by atoms with Crippen molar-refractivity contribution in [3.63, 3.8) is 0 Å². The Hall–Kier alpha value is -3.93. The lowest BCUT2D eigenvalue weighted by atomic mass is 9.84. The second kappa shape index (κ2) is 10.2. The van der Waals surface area contributed by atoms with Gasteiger partial charge in [-0.1, -0.05) is 42.8 Å². The van der Waals surface area contributed by atoms with Crippen LogP contribution in [0, 0.1) is 32.6 Å². The van der Waals surface area contributed by atoms with Crippen molar-refractivity contribution < 1.29 is 14.0 Å². The van der Waals surface area contributed by atoms with Gasteiger partial charge in [-0.25, -0.2) is 4.98 Å². The van der Waals surface area contributed by atoms with Crippen LogP contribution in [-0.2, 0) is 4.79 Å². The van der Waals surface area contributed by atoms with Gasteiger partial charge in [-0.05, 0) is 81.0 Å². The van der Waals surface area contributed by atoms with E-state index in [0.717, 1.165) is 35.2 Å². The monoisotopic (exact) mass is 495 g/mol. The van der Waals surface area contributed by atoms with Crippen LogP contribution in [0.15, 0.2) is 65.1 Å². The molecular formula is C31H33N3O3. The molecular weight excluding hydrogens is 462 g/mol. The van der Waals surface area contributed by atoms with E-state index in [4.69, 9.17) is 4.42 Å². The number of hydrogen-bond acceptors (Lipinski definition) is 4. The number of nitrogens with one attached hydrogen (secondary N) is 1. The van der Waals surface area contributed by atoms with Crippen LogP contribution in [0.4, 0.5) is 5.69 Å². The van der Waals surface area contributed by atoms with E-state index in [2.05, 4.69) is 29.4 Å². The number of fused-ring (bicyclic) bond motifs is 1. The van der Waals surface area contributed by atoms with E-state index in [0.29, 0.717) is 35.6 Å². The van der Waals surface area contributed by atoms with Crippen molar-refractivity contribution in [1.29, 1.82) is 0 Å². The van der Waals surface area contributed by atoms with E-state index >= 15 is 0 Å². The number of nitrogens with zero attached hydrogens (tertiary/aromatic N) is 2. The highest BCUT2D eigenvalue weighted by atomic mass is 16.3. The van der Waals surface area contributed by atoms with E-state index < -0.39 is 0 Å². The number of benzene rings is 3. The normalized spacial score (nSPS) is 15.1. The minimum atomic E-state index is -0.125. The Morgan fingerprint density at radius 3 is 2.32 bits per heavy atom. The first-order valence-electron chi connectivity index (χ1n) is 12.9. The molecule has 1 N–H and O–H groups in total. The number of carbonyl (C=O) groups excluding carboxylic acids is 2. The van der Waals surface area contributed by atoms with Gasteiger partial charge in [0, 0.05) is 35.8 Å². The average molecular weight is 496 g/mol. The minimum absolute atomic E-state index is 0.00683. The largest absolute Gasteiger partial charge is 0.436 e. The molecule has 1 aliphatic rings. The molecule has 6 heteroatoms. The van der Waals surface area contributed by atoms with Crippen LogP contribution in [-0.4, -0.2) is 34.8 Å². The van der Waals surface area contributed by atoms with Gasteiger partial charge in [0.1, 0.15) is 5.52 Å². The fourth-order valence-corrected chi connectivity index (χ4v) is 5.38. The van der Waals surface area contributed by atoms with Gasteiger partial charge in [0.25, 0.3) is 5.91 Å². The lowest BCUT2D eigenvalue weighted by Crippen LogP contribution is -2.41. The van der Waals surface area contributed by atoms with E-state index in [1.54, 1.807) is 6.07 Å². The molecule has 0 bridgehead atoms. The summed E-state index contributed by atoms with van der Waals surface area (Å²) in [4.78, 5) is 32.8. The summed E-state index contributed by atoms with van der Waals surface area (Å²) in [5.74, 6) is 0.698. The molecule has 2 heterocycles. The fraction of sp³-hybridized carbons (Fsp3) is 0.323. The van der Waals surface area contributed by atoms with Gasteiger partial charge in [-0.2, -0.15) is 0 Å². The number of carbonyl (C=O) groups is 2. The standard InChI is InChI=1S/C31H33N3O3/c1-19-16-20(2)28(21(3)17-19)33-29(35)22(4)23-12-14-34(15-13-23)31(36)25-10-11-27-26(18-25)32-30(37-27)24-8-6-5-7-9-24/h5-11,16-18,22-23H,12-15H2,1-4H3,(H,33,35)/t22-/m0/s1. The molecule has 1 aliphatic heterocycles. The summed E-state index contributed by atoms with van der Waals surface area (Å²) in [5.41, 5.74) is 7.11. The number of aromatic nitrogens is 1. The van der Waals surface area contributed by atoms with Gasteiger partial charge in [-0.3, -0.25) is 9.59 Å². The maximum Gasteiger partial charge on any atom is 0.253 e. The number of oxazole rings is 1. The lowest BCUT2D eigenvalue weighted by molar-refractivity contribution is -0.121. The molecule has 1 atom stereocenters. The highest BCUT2D eigenvalue weighted by molar-refractivity contribution is 5.97. The zero-order chi connectivity index (χ0) is 26.1. The highest BCUT2D eigenvalue weighted by Crippen LogP contribution is 2.30. The third-order valence-electron chi connectivity index (χ3n) is 7.53. The van der Waals surface area contributed by atoms with Crippen LogP contribution in [0.2, 0.25) is 0 Å². The quantitative estimate of drug-likeness (QED) is 0.341. The Labute approximate surface area is 217 Å². The van der Waals surface area contributed by atoms with Crippen molar-refractivity contribution in [2.45, 2.75) is 40.5 Å². The number of piperidine rings is 1. The van der Waals surface area contributed by atoms with Crippen molar-refractivity contribution >= 4 is 28.6 Å². The van der Waals surface area contributed by atoms with E-state index in [1.807, 2.05) is 68.1 Å². The van der Waals surface area contributed by atoms with Crippen molar-refractivity contribution in [3.05, 3.63) is 82.9 Å². The van der Waals surface area contributed by atoms with Crippen LogP contribution < -0.4 is 5.32 Å². The summed E-state index contributed by atoms with van der Waals surface area (Å²) in [7, 11) is 0. The number of aryl methyl sites for hydroxylation is 3. The number of anilines is 1. The summed E-state index contributed by atoms with van der Waals surface area (Å²) in [6.45, 7) is 9.40. The lowest BCUT2D eigenvalue weighted by Gasteiger charge is -2.34. The summed E-state index contributed by atoms with van der Waals surface area (Å²) < 4.78 is 5.89. The molecule has 1 aromatic heterocycles. The molecule has 1 fully saturated rings. The molecule has 190 valence electrons. The van der Waals surface area contributed by atoms with Crippen LogP contribution >= 0.6 is 0 Å². The molecule has 0 aliphatic carbocycles. The highest BCUT2D eigenvalue weighted by Gasteiger charge is 2.30. The predicted octanol–water partition coefficient (Wildman–Crippen LogP) is 6.55. The Kier molecular flexibility index (Phi) is 6.83. The van der Waals surface area contributed by atoms with Gasteiger partial charge in [0.05, 0.1) is 0 Å². The molecule has 0 spiro atoms. The third-order valence-corrected chi connectivity index (χ3v) is 7.53. The molecule has 6 nitrogen and oxygen atoms in total. The molecule has 37 heavy (non-hydrogen) atoms. The van der Waals surface area contributed by atoms with Crippen LogP contribution in [0.25, 0.3) is 22.6 Å². The zero-order valence-electron chi connectivity index (χ0n) is 21.9. The SMILES string of the molecule is Cc1cc(C)c(NC(=O)[C@@H](C)C2CCN(C(=O)c3ccc4oc(-c5ccccc5)nc4c3)CC2)c(C)c1. The number of likely N-dealkylation sites (tertiary alicyclic amines) is 1. The van der Waals surface area contributed by atoms with Crippen molar-refractivity contribution in [2.75, 3.05) is 18.4 Å². The predicted molar refractivity (Wildman–Crippen MR) is 147 cm³/mol. The number of rotatable bonds is 5. The van der Waals surface area contributed by atoms with Gasteiger partial charge < -0.3 is 14.6 Å². The summed E-state index contributed by atoms with van der Waals surface area (Å²) in [6.07, 6.45) is 1.60. The molecule has 2 amide bonds. The number of hydrogen-bond donors (Lipinski definition) is 1. The average Bonchev–Trinajstić information content (AvgIpc) is 3.34. The van der Waals surface area contributed by atoms with Gasteiger partial charge in [-0.15, -0.1) is 0 Å². The zero-order valence-corrected chi connectivity index (χ0v) is 21.9. The maximum atomic E-state index is 13.3. The first-order chi connectivity index (χ1) is 17.8. The molecule has 0 unspecified atom stereocenters. The smallest absolute Gasteiger partial charge is 0.253 e. The van der Waals surface area contributed by atoms with E-state index in [-0.39, 0.29) is 23.7 Å². The minimum Gasteiger partial charge on any atom is -0.436 e. The van der Waals surface area contributed by atoms with Crippen LogP contribution in [0.1, 0.15) is 46.8 Å². The van der Waals surface area contributed by atoms with Crippen LogP contribution in [0.3, 0.4) is 0 Å². The maximum absolute atomic E-state index is 13.3. The first kappa shape index (κ1) is 24.8. The molecule has 1 saturated heterocycles. The van der Waals surface area contributed by atoms with Crippen molar-refractivity contribution in [2.24, 2.45) is 11.8 Å². The molecule has 3 aromatic carbocycles. The Morgan fingerprint density at radius 2 is 1.65 bits per heavy atom. The number of amides is 2. The topological polar surface area (TPSA) is 75.4 Å². The van der Waals surface area contributed by atoms with Gasteiger partial charge in [0.2, 0.25) is 11.8 Å². The van der Waals surface area contributed by atoms with Gasteiger partial charge in [0.15, 0.2) is 5.58 Å². The third kappa shape index (κ3) is 5.15. The van der Waals surface area contributed by atoms with Crippen molar-refractivity contribution in [3.8, 4) is 11.5 Å². The Morgan fingerprint density at radius 1 is 0.973 bits per heavy atom. The second-order valence-corrected chi connectivity index (χ2v) is 10.2. The van der Waals surface area contributed by atoms with E-state index in [1.165, 1.54) is 5.56 Å². The van der Waals surface area contributed by atoms with E-state index in [9.17, 15) is 9.59 Å². The summed E-state index contributed by atoms with van der Waals surface area (Å²) in [6, 6.07) is 19.3. The van der Waals surface area contributed by atoms with Crippen molar-refractivity contribution in [1.82, 2.24) is 9.88 Å². The molecule has 0 saturated carbocycles. The molecule has 0 radical (unpaired) electrons. The first-order valence-corrected chi connectivity index (χ1v) is 12.9. The Bertz CT molecular complexity index is 1430. The summed E-state index contributed by atoms with van der Waals surface area (Å²) in [5, 5.41) is 3.16.